The van der Waals surface area contributed by atoms with Crippen LogP contribution in [-0.4, -0.2) is 17.5 Å². The summed E-state index contributed by atoms with van der Waals surface area (Å²) in [6, 6.07) is 5.51. The summed E-state index contributed by atoms with van der Waals surface area (Å²) in [7, 11) is 0. The average Bonchev–Trinajstić information content (AvgIpc) is 2.18. The molecule has 0 fully saturated rings. The first-order valence-corrected chi connectivity index (χ1v) is 4.17. The number of hydrogen-bond donors (Lipinski definition) is 1. The van der Waals surface area contributed by atoms with Crippen LogP contribution in [0.2, 0.25) is 0 Å². The third kappa shape index (κ3) is 3.37. The predicted molar refractivity (Wildman–Crippen MR) is 53.2 cm³/mol. The third-order valence-corrected chi connectivity index (χ3v) is 1.53. The molecule has 0 saturated heterocycles. The maximum Gasteiger partial charge on any atom is 0.243 e. The number of amides is 1. The van der Waals surface area contributed by atoms with E-state index in [9.17, 15) is 4.79 Å². The van der Waals surface area contributed by atoms with E-state index in [0.717, 1.165) is 11.4 Å². The Kier molecular flexibility index (Phi) is 3.82. The number of hydrogen-bond acceptors (Lipinski definition) is 3. The normalized spacial score (nSPS) is 9.71. The van der Waals surface area contributed by atoms with Gasteiger partial charge in [-0.3, -0.25) is 9.78 Å². The van der Waals surface area contributed by atoms with Crippen LogP contribution >= 0.6 is 0 Å². The van der Waals surface area contributed by atoms with Gasteiger partial charge in [0.2, 0.25) is 5.91 Å². The molecule has 1 heterocycles. The molecule has 4 heteroatoms. The van der Waals surface area contributed by atoms with Gasteiger partial charge in [-0.25, -0.2) is 0 Å². The Bertz CT molecular complexity index is 337. The highest BCUT2D eigenvalue weighted by atomic mass is 16.5. The van der Waals surface area contributed by atoms with Crippen LogP contribution < -0.4 is 5.73 Å². The van der Waals surface area contributed by atoms with Crippen LogP contribution in [0, 0.1) is 0 Å². The lowest BCUT2D eigenvalue weighted by molar-refractivity contribution is -0.122. The summed E-state index contributed by atoms with van der Waals surface area (Å²) in [4.78, 5) is 14.6. The Balaban J connectivity index is 2.50. The number of ether oxygens (including phenoxy) is 1. The Morgan fingerprint density at radius 3 is 3.07 bits per heavy atom. The Hall–Kier alpha value is -1.68. The molecule has 1 rings (SSSR count). The van der Waals surface area contributed by atoms with Crippen molar-refractivity contribution in [3.05, 3.63) is 36.2 Å². The predicted octanol–water partition coefficient (Wildman–Crippen LogP) is 0.726. The van der Waals surface area contributed by atoms with Crippen LogP contribution in [0.15, 0.2) is 24.8 Å². The van der Waals surface area contributed by atoms with Gasteiger partial charge < -0.3 is 10.5 Å². The van der Waals surface area contributed by atoms with Crippen molar-refractivity contribution in [1.82, 2.24) is 4.98 Å². The molecule has 1 aromatic heterocycles. The van der Waals surface area contributed by atoms with Crippen molar-refractivity contribution >= 4 is 12.0 Å². The van der Waals surface area contributed by atoms with Crippen molar-refractivity contribution in [2.24, 2.45) is 5.73 Å². The van der Waals surface area contributed by atoms with Crippen LogP contribution in [0.3, 0.4) is 0 Å². The number of aromatic nitrogens is 1. The standard InChI is InChI=1S/C10H12N2O2/c1-2-8-4-3-5-9(12-8)6-14-7-10(11)13/h2-5H,1,6-7H2,(H2,11,13). The summed E-state index contributed by atoms with van der Waals surface area (Å²) in [6.45, 7) is 3.80. The van der Waals surface area contributed by atoms with Gasteiger partial charge >= 0.3 is 0 Å². The van der Waals surface area contributed by atoms with E-state index in [1.54, 1.807) is 6.08 Å². The zero-order chi connectivity index (χ0) is 10.4. The fourth-order valence-corrected chi connectivity index (χ4v) is 0.948. The fourth-order valence-electron chi connectivity index (χ4n) is 0.948. The molecule has 4 nitrogen and oxygen atoms in total. The molecule has 14 heavy (non-hydrogen) atoms. The minimum atomic E-state index is -0.482. The molecule has 0 unspecified atom stereocenters. The summed E-state index contributed by atoms with van der Waals surface area (Å²) in [6.07, 6.45) is 1.65. The van der Waals surface area contributed by atoms with Crippen molar-refractivity contribution in [3.8, 4) is 0 Å². The molecule has 1 aromatic rings. The molecule has 0 saturated carbocycles. The maximum absolute atomic E-state index is 10.4. The molecule has 0 aliphatic heterocycles. The summed E-state index contributed by atoms with van der Waals surface area (Å²) in [5, 5.41) is 0. The number of nitrogens with two attached hydrogens (primary N) is 1. The molecule has 2 N–H and O–H groups in total. The van der Waals surface area contributed by atoms with Crippen LogP contribution in [0.25, 0.3) is 6.08 Å². The molecule has 0 spiro atoms. The summed E-state index contributed by atoms with van der Waals surface area (Å²) in [5.41, 5.74) is 6.45. The monoisotopic (exact) mass is 192 g/mol. The van der Waals surface area contributed by atoms with Crippen molar-refractivity contribution in [2.75, 3.05) is 6.61 Å². The lowest BCUT2D eigenvalue weighted by Gasteiger charge is -2.01. The van der Waals surface area contributed by atoms with E-state index >= 15 is 0 Å². The van der Waals surface area contributed by atoms with Gasteiger partial charge in [-0.05, 0) is 18.2 Å². The van der Waals surface area contributed by atoms with Gasteiger partial charge in [-0.2, -0.15) is 0 Å². The largest absolute Gasteiger partial charge is 0.368 e. The molecule has 0 aliphatic rings. The van der Waals surface area contributed by atoms with Gasteiger partial charge in [0.1, 0.15) is 6.61 Å². The zero-order valence-corrected chi connectivity index (χ0v) is 7.77. The van der Waals surface area contributed by atoms with Gasteiger partial charge in [-0.15, -0.1) is 0 Å². The lowest BCUT2D eigenvalue weighted by atomic mass is 10.3. The van der Waals surface area contributed by atoms with Crippen LogP contribution in [0.4, 0.5) is 0 Å². The number of primary amides is 1. The van der Waals surface area contributed by atoms with Crippen molar-refractivity contribution in [3.63, 3.8) is 0 Å². The molecule has 0 atom stereocenters. The molecule has 1 amide bonds. The number of carbonyl (C=O) groups is 1. The van der Waals surface area contributed by atoms with Crippen molar-refractivity contribution < 1.29 is 9.53 Å². The number of carbonyl (C=O) groups excluding carboxylic acids is 1. The highest BCUT2D eigenvalue weighted by Crippen LogP contribution is 2.01. The van der Waals surface area contributed by atoms with E-state index in [1.165, 1.54) is 0 Å². The smallest absolute Gasteiger partial charge is 0.243 e. The SMILES string of the molecule is C=Cc1cccc(COCC(N)=O)n1. The topological polar surface area (TPSA) is 65.2 Å². The van der Waals surface area contributed by atoms with E-state index in [4.69, 9.17) is 10.5 Å². The number of rotatable bonds is 5. The van der Waals surface area contributed by atoms with E-state index < -0.39 is 5.91 Å². The summed E-state index contributed by atoms with van der Waals surface area (Å²) < 4.78 is 5.01. The van der Waals surface area contributed by atoms with E-state index in [2.05, 4.69) is 11.6 Å². The lowest BCUT2D eigenvalue weighted by Crippen LogP contribution is -2.18. The Morgan fingerprint density at radius 1 is 1.64 bits per heavy atom. The highest BCUT2D eigenvalue weighted by Gasteiger charge is 1.97. The molecule has 0 aromatic carbocycles. The van der Waals surface area contributed by atoms with Gasteiger partial charge in [0.05, 0.1) is 18.0 Å². The molecule has 74 valence electrons. The second kappa shape index (κ2) is 5.14. The number of nitrogens with zero attached hydrogens (tertiary/aromatic N) is 1. The third-order valence-electron chi connectivity index (χ3n) is 1.53. The molecule has 0 bridgehead atoms. The average molecular weight is 192 g/mol. The molecular weight excluding hydrogens is 180 g/mol. The number of pyridine rings is 1. The zero-order valence-electron chi connectivity index (χ0n) is 7.77. The summed E-state index contributed by atoms with van der Waals surface area (Å²) >= 11 is 0. The highest BCUT2D eigenvalue weighted by molar-refractivity contribution is 5.74. The van der Waals surface area contributed by atoms with Gasteiger partial charge in [0, 0.05) is 0 Å². The Morgan fingerprint density at radius 2 is 2.43 bits per heavy atom. The van der Waals surface area contributed by atoms with Crippen LogP contribution in [0.5, 0.6) is 0 Å². The Labute approximate surface area is 82.4 Å². The van der Waals surface area contributed by atoms with Crippen LogP contribution in [-0.2, 0) is 16.1 Å². The molecule has 0 radical (unpaired) electrons. The minimum Gasteiger partial charge on any atom is -0.368 e. The fraction of sp³-hybridized carbons (Fsp3) is 0.200. The van der Waals surface area contributed by atoms with E-state index in [1.807, 2.05) is 18.2 Å². The van der Waals surface area contributed by atoms with E-state index in [0.29, 0.717) is 0 Å². The van der Waals surface area contributed by atoms with Gasteiger partial charge in [0.15, 0.2) is 0 Å². The van der Waals surface area contributed by atoms with E-state index in [-0.39, 0.29) is 13.2 Å². The first-order valence-electron chi connectivity index (χ1n) is 4.17. The van der Waals surface area contributed by atoms with Crippen molar-refractivity contribution in [2.45, 2.75) is 6.61 Å². The first-order chi connectivity index (χ1) is 6.72. The van der Waals surface area contributed by atoms with Crippen molar-refractivity contribution in [1.29, 1.82) is 0 Å². The van der Waals surface area contributed by atoms with Gasteiger partial charge in [0.25, 0.3) is 0 Å². The first kappa shape index (κ1) is 10.4. The van der Waals surface area contributed by atoms with Crippen LogP contribution in [0.1, 0.15) is 11.4 Å². The second-order valence-corrected chi connectivity index (χ2v) is 2.72. The second-order valence-electron chi connectivity index (χ2n) is 2.72. The quantitative estimate of drug-likeness (QED) is 0.747. The minimum absolute atomic E-state index is 0.0833. The molecular formula is C10H12N2O2. The van der Waals surface area contributed by atoms with Gasteiger partial charge in [-0.1, -0.05) is 12.6 Å². The molecule has 0 aliphatic carbocycles. The summed E-state index contributed by atoms with van der Waals surface area (Å²) in [5.74, 6) is -0.482. The maximum atomic E-state index is 10.4.